The van der Waals surface area contributed by atoms with E-state index in [9.17, 15) is 14.7 Å². The van der Waals surface area contributed by atoms with Gasteiger partial charge in [0.15, 0.2) is 0 Å². The fourth-order valence-corrected chi connectivity index (χ4v) is 2.15. The molecule has 0 aromatic heterocycles. The van der Waals surface area contributed by atoms with Gasteiger partial charge < -0.3 is 15.3 Å². The summed E-state index contributed by atoms with van der Waals surface area (Å²) in [6.45, 7) is 0.339. The van der Waals surface area contributed by atoms with Gasteiger partial charge in [0.1, 0.15) is 6.10 Å². The summed E-state index contributed by atoms with van der Waals surface area (Å²) in [5, 5.41) is 12.3. The molecule has 0 spiro atoms. The van der Waals surface area contributed by atoms with E-state index < -0.39 is 6.10 Å². The van der Waals surface area contributed by atoms with Crippen LogP contribution in [0.25, 0.3) is 0 Å². The van der Waals surface area contributed by atoms with E-state index in [0.717, 1.165) is 11.3 Å². The maximum atomic E-state index is 11.7. The number of hydrogen-bond acceptors (Lipinski definition) is 4. The molecule has 0 aliphatic heterocycles. The molecule has 2 N–H and O–H groups in total. The number of aliphatic hydroxyl groups excluding tert-OH is 1. The normalized spacial score (nSPS) is 11.8. The lowest BCUT2D eigenvalue weighted by Crippen LogP contribution is -2.34. The molecule has 1 atom stereocenters. The van der Waals surface area contributed by atoms with Crippen LogP contribution in [0.5, 0.6) is 0 Å². The fourth-order valence-electron chi connectivity index (χ4n) is 1.69. The smallest absolute Gasteiger partial charge is 0.253 e. The van der Waals surface area contributed by atoms with Gasteiger partial charge in [0, 0.05) is 26.2 Å². The molecule has 2 amide bonds. The summed E-state index contributed by atoms with van der Waals surface area (Å²) in [4.78, 5) is 24.9. The first-order valence-electron chi connectivity index (χ1n) is 6.71. The second-order valence-corrected chi connectivity index (χ2v) is 5.90. The number of aliphatic hydroxyl groups is 1. The van der Waals surface area contributed by atoms with Crippen molar-refractivity contribution < 1.29 is 14.7 Å². The minimum Gasteiger partial charge on any atom is -0.383 e. The van der Waals surface area contributed by atoms with E-state index in [0.29, 0.717) is 18.5 Å². The predicted molar refractivity (Wildman–Crippen MR) is 85.3 cm³/mol. The zero-order valence-corrected chi connectivity index (χ0v) is 13.4. The highest BCUT2D eigenvalue weighted by Crippen LogP contribution is 2.07. The highest BCUT2D eigenvalue weighted by Gasteiger charge is 2.14. The van der Waals surface area contributed by atoms with Crippen LogP contribution in [0.4, 0.5) is 0 Å². The highest BCUT2D eigenvalue weighted by molar-refractivity contribution is 7.98. The number of nitrogens with zero attached hydrogens (tertiary/aromatic N) is 1. The minimum atomic E-state index is -0.966. The lowest BCUT2D eigenvalue weighted by Gasteiger charge is -2.12. The van der Waals surface area contributed by atoms with Crippen LogP contribution in [0.1, 0.15) is 22.3 Å². The van der Waals surface area contributed by atoms with Crippen LogP contribution < -0.4 is 5.32 Å². The Morgan fingerprint density at radius 3 is 2.43 bits per heavy atom. The molecule has 1 aromatic carbocycles. The van der Waals surface area contributed by atoms with Crippen LogP contribution in [0.3, 0.4) is 0 Å². The molecule has 0 saturated heterocycles. The van der Waals surface area contributed by atoms with Crippen LogP contribution in [0.2, 0.25) is 0 Å². The molecule has 0 fully saturated rings. The zero-order chi connectivity index (χ0) is 15.8. The average molecular weight is 310 g/mol. The Morgan fingerprint density at radius 2 is 1.90 bits per heavy atom. The van der Waals surface area contributed by atoms with Crippen LogP contribution in [0.15, 0.2) is 24.3 Å². The second-order valence-electron chi connectivity index (χ2n) is 4.91. The summed E-state index contributed by atoms with van der Waals surface area (Å²) in [5.41, 5.74) is 1.49. The Hall–Kier alpha value is -1.53. The van der Waals surface area contributed by atoms with Crippen molar-refractivity contribution in [2.24, 2.45) is 0 Å². The van der Waals surface area contributed by atoms with E-state index in [1.165, 1.54) is 4.90 Å². The molecular formula is C15H22N2O3S. The lowest BCUT2D eigenvalue weighted by molar-refractivity contribution is -0.129. The molecule has 6 heteroatoms. The van der Waals surface area contributed by atoms with Crippen molar-refractivity contribution in [3.05, 3.63) is 35.4 Å². The van der Waals surface area contributed by atoms with Gasteiger partial charge in [-0.2, -0.15) is 11.8 Å². The summed E-state index contributed by atoms with van der Waals surface area (Å²) >= 11 is 1.59. The third-order valence-corrected chi connectivity index (χ3v) is 3.62. The lowest BCUT2D eigenvalue weighted by atomic mass is 10.1. The molecular weight excluding hydrogens is 288 g/mol. The monoisotopic (exact) mass is 310 g/mol. The van der Waals surface area contributed by atoms with Gasteiger partial charge in [0.05, 0.1) is 0 Å². The van der Waals surface area contributed by atoms with Crippen molar-refractivity contribution in [3.8, 4) is 0 Å². The predicted octanol–water partition coefficient (Wildman–Crippen LogP) is 1.12. The Morgan fingerprint density at radius 1 is 1.29 bits per heavy atom. The summed E-state index contributed by atoms with van der Waals surface area (Å²) in [6.07, 6.45) is 1.41. The van der Waals surface area contributed by atoms with Crippen molar-refractivity contribution in [1.82, 2.24) is 10.2 Å². The Kier molecular flexibility index (Phi) is 7.25. The number of nitrogens with one attached hydrogen (secondary N) is 1. The standard InChI is InChI=1S/C15H22N2O3S/c1-17(2)15(20)12-6-4-11(5-7-12)10-16-14(19)13(18)8-9-21-3/h4-7,13,18H,8-10H2,1-3H3,(H,16,19). The van der Waals surface area contributed by atoms with Gasteiger partial charge in [-0.3, -0.25) is 9.59 Å². The highest BCUT2D eigenvalue weighted by atomic mass is 32.2. The van der Waals surface area contributed by atoms with Gasteiger partial charge in [-0.15, -0.1) is 0 Å². The fraction of sp³-hybridized carbons (Fsp3) is 0.467. The molecule has 1 rings (SSSR count). The van der Waals surface area contributed by atoms with Crippen molar-refractivity contribution in [3.63, 3.8) is 0 Å². The molecule has 0 saturated carbocycles. The third-order valence-electron chi connectivity index (χ3n) is 2.97. The number of hydrogen-bond donors (Lipinski definition) is 2. The summed E-state index contributed by atoms with van der Waals surface area (Å²) in [5.74, 6) is 0.325. The molecule has 0 aliphatic rings. The minimum absolute atomic E-state index is 0.0573. The number of thioether (sulfide) groups is 1. The first-order valence-corrected chi connectivity index (χ1v) is 8.10. The summed E-state index contributed by atoms with van der Waals surface area (Å²) in [7, 11) is 3.40. The zero-order valence-electron chi connectivity index (χ0n) is 12.6. The second kappa shape index (κ2) is 8.69. The maximum Gasteiger partial charge on any atom is 0.253 e. The molecule has 1 aromatic rings. The van der Waals surface area contributed by atoms with E-state index in [4.69, 9.17) is 0 Å². The molecule has 5 nitrogen and oxygen atoms in total. The van der Waals surface area contributed by atoms with Crippen molar-refractivity contribution in [2.75, 3.05) is 26.1 Å². The van der Waals surface area contributed by atoms with Crippen LogP contribution in [-0.2, 0) is 11.3 Å². The molecule has 116 valence electrons. The van der Waals surface area contributed by atoms with Gasteiger partial charge in [-0.05, 0) is 36.1 Å². The van der Waals surface area contributed by atoms with Gasteiger partial charge in [0.25, 0.3) is 5.91 Å². The Balaban J connectivity index is 2.49. The van der Waals surface area contributed by atoms with Crippen molar-refractivity contribution in [1.29, 1.82) is 0 Å². The summed E-state index contributed by atoms with van der Waals surface area (Å²) in [6, 6.07) is 7.05. The average Bonchev–Trinajstić information content (AvgIpc) is 2.49. The van der Waals surface area contributed by atoms with E-state index in [2.05, 4.69) is 5.32 Å². The topological polar surface area (TPSA) is 69.6 Å². The molecule has 0 heterocycles. The van der Waals surface area contributed by atoms with E-state index in [-0.39, 0.29) is 11.8 Å². The molecule has 0 bridgehead atoms. The number of amides is 2. The first-order chi connectivity index (χ1) is 9.95. The largest absolute Gasteiger partial charge is 0.383 e. The van der Waals surface area contributed by atoms with Crippen LogP contribution >= 0.6 is 11.8 Å². The first kappa shape index (κ1) is 17.5. The van der Waals surface area contributed by atoms with Gasteiger partial charge in [-0.25, -0.2) is 0 Å². The SMILES string of the molecule is CSCCC(O)C(=O)NCc1ccc(C(=O)N(C)C)cc1. The molecule has 21 heavy (non-hydrogen) atoms. The number of carbonyl (C=O) groups is 2. The number of benzene rings is 1. The van der Waals surface area contributed by atoms with E-state index >= 15 is 0 Å². The van der Waals surface area contributed by atoms with Gasteiger partial charge in [0.2, 0.25) is 5.91 Å². The maximum absolute atomic E-state index is 11.7. The molecule has 0 radical (unpaired) electrons. The van der Waals surface area contributed by atoms with Crippen molar-refractivity contribution >= 4 is 23.6 Å². The molecule has 1 unspecified atom stereocenters. The van der Waals surface area contributed by atoms with Gasteiger partial charge >= 0.3 is 0 Å². The Bertz CT molecular complexity index is 474. The van der Waals surface area contributed by atoms with Crippen LogP contribution in [0, 0.1) is 0 Å². The van der Waals surface area contributed by atoms with E-state index in [1.807, 2.05) is 6.26 Å². The number of carbonyl (C=O) groups excluding carboxylic acids is 2. The number of rotatable bonds is 7. The Labute approximate surface area is 129 Å². The summed E-state index contributed by atoms with van der Waals surface area (Å²) < 4.78 is 0. The quantitative estimate of drug-likeness (QED) is 0.792. The van der Waals surface area contributed by atoms with Gasteiger partial charge in [-0.1, -0.05) is 12.1 Å². The van der Waals surface area contributed by atoms with Crippen LogP contribution in [-0.4, -0.2) is 54.0 Å². The van der Waals surface area contributed by atoms with Crippen molar-refractivity contribution in [2.45, 2.75) is 19.1 Å². The molecule has 0 aliphatic carbocycles. The third kappa shape index (κ3) is 5.77. The van der Waals surface area contributed by atoms with E-state index in [1.54, 1.807) is 50.1 Å².